The van der Waals surface area contributed by atoms with Gasteiger partial charge in [0, 0.05) is 24.7 Å². The minimum Gasteiger partial charge on any atom is -0.274 e. The Balaban J connectivity index is 2.94. The molecule has 3 nitrogen and oxygen atoms in total. The first-order chi connectivity index (χ1) is 5.66. The van der Waals surface area contributed by atoms with Crippen LogP contribution in [0.3, 0.4) is 0 Å². The maximum Gasteiger partial charge on any atom is 0.234 e. The van der Waals surface area contributed by atoms with Crippen LogP contribution in [0.1, 0.15) is 31.4 Å². The van der Waals surface area contributed by atoms with Gasteiger partial charge >= 0.3 is 0 Å². The quantitative estimate of drug-likeness (QED) is 0.670. The van der Waals surface area contributed by atoms with Crippen molar-refractivity contribution in [2.45, 2.75) is 27.2 Å². The van der Waals surface area contributed by atoms with Gasteiger partial charge < -0.3 is 0 Å². The van der Waals surface area contributed by atoms with Crippen LogP contribution >= 0.6 is 0 Å². The second kappa shape index (κ2) is 3.52. The maximum absolute atomic E-state index is 11.5. The van der Waals surface area contributed by atoms with Crippen molar-refractivity contribution >= 4 is 5.91 Å². The lowest BCUT2D eigenvalue weighted by molar-refractivity contribution is 0.0851. The van der Waals surface area contributed by atoms with Crippen molar-refractivity contribution in [3.63, 3.8) is 0 Å². The average Bonchev–Trinajstić information content (AvgIpc) is 2.49. The van der Waals surface area contributed by atoms with Crippen molar-refractivity contribution in [1.82, 2.24) is 9.55 Å². The molecule has 1 rings (SSSR count). The molecule has 0 unspecified atom stereocenters. The summed E-state index contributed by atoms with van der Waals surface area (Å²) in [5.74, 6) is 0.988. The minimum absolute atomic E-state index is 0.0319. The van der Waals surface area contributed by atoms with Gasteiger partial charge in [-0.25, -0.2) is 4.98 Å². The number of hydrogen-bond acceptors (Lipinski definition) is 2. The van der Waals surface area contributed by atoms with Crippen LogP contribution in [0, 0.1) is 5.92 Å². The van der Waals surface area contributed by atoms with Gasteiger partial charge in [0.1, 0.15) is 5.82 Å². The van der Waals surface area contributed by atoms with E-state index in [1.54, 1.807) is 17.0 Å². The molecule has 0 fully saturated rings. The van der Waals surface area contributed by atoms with E-state index < -0.39 is 0 Å². The number of imidazole rings is 1. The van der Waals surface area contributed by atoms with Gasteiger partial charge in [0.25, 0.3) is 0 Å². The molecule has 0 atom stereocenters. The largest absolute Gasteiger partial charge is 0.274 e. The molecule has 0 amide bonds. The molecule has 1 heterocycles. The van der Waals surface area contributed by atoms with Crippen LogP contribution in [0.5, 0.6) is 0 Å². The zero-order valence-electron chi connectivity index (χ0n) is 7.74. The van der Waals surface area contributed by atoms with Gasteiger partial charge in [0.05, 0.1) is 0 Å². The number of carbonyl (C=O) groups is 1. The highest BCUT2D eigenvalue weighted by molar-refractivity contribution is 5.81. The molecule has 3 heteroatoms. The van der Waals surface area contributed by atoms with E-state index in [-0.39, 0.29) is 11.8 Å². The monoisotopic (exact) mass is 166 g/mol. The number of aromatic nitrogens is 2. The number of nitrogens with zero attached hydrogens (tertiary/aromatic N) is 2. The van der Waals surface area contributed by atoms with Gasteiger partial charge in [0.15, 0.2) is 0 Å². The molecule has 0 radical (unpaired) electrons. The molecule has 0 aliphatic carbocycles. The van der Waals surface area contributed by atoms with E-state index in [4.69, 9.17) is 0 Å². The van der Waals surface area contributed by atoms with Crippen molar-refractivity contribution in [3.05, 3.63) is 18.2 Å². The maximum atomic E-state index is 11.5. The Bertz CT molecular complexity index is 276. The van der Waals surface area contributed by atoms with E-state index >= 15 is 0 Å². The molecule has 12 heavy (non-hydrogen) atoms. The van der Waals surface area contributed by atoms with Crippen LogP contribution in [0.4, 0.5) is 0 Å². The molecular formula is C9H14N2O. The summed E-state index contributed by atoms with van der Waals surface area (Å²) in [4.78, 5) is 15.6. The fraction of sp³-hybridized carbons (Fsp3) is 0.556. The van der Waals surface area contributed by atoms with Crippen molar-refractivity contribution in [3.8, 4) is 0 Å². The predicted octanol–water partition coefficient (Wildman–Crippen LogP) is 1.74. The highest BCUT2D eigenvalue weighted by atomic mass is 16.2. The Morgan fingerprint density at radius 1 is 1.67 bits per heavy atom. The topological polar surface area (TPSA) is 34.9 Å². The van der Waals surface area contributed by atoms with Crippen molar-refractivity contribution in [1.29, 1.82) is 0 Å². The normalized spacial score (nSPS) is 10.7. The molecular weight excluding hydrogens is 152 g/mol. The van der Waals surface area contributed by atoms with Crippen molar-refractivity contribution in [2.75, 3.05) is 0 Å². The van der Waals surface area contributed by atoms with E-state index in [1.807, 2.05) is 20.8 Å². The summed E-state index contributed by atoms with van der Waals surface area (Å²) in [5, 5.41) is 0. The van der Waals surface area contributed by atoms with E-state index in [9.17, 15) is 4.79 Å². The zero-order chi connectivity index (χ0) is 9.14. The van der Waals surface area contributed by atoms with Gasteiger partial charge in [0.2, 0.25) is 5.91 Å². The molecule has 0 aliphatic rings. The van der Waals surface area contributed by atoms with E-state index in [2.05, 4.69) is 4.98 Å². The summed E-state index contributed by atoms with van der Waals surface area (Å²) in [6, 6.07) is 0. The van der Waals surface area contributed by atoms with Crippen molar-refractivity contribution in [2.24, 2.45) is 5.92 Å². The summed E-state index contributed by atoms with van der Waals surface area (Å²) in [6.07, 6.45) is 4.19. The van der Waals surface area contributed by atoms with Crippen LogP contribution in [0.15, 0.2) is 12.4 Å². The van der Waals surface area contributed by atoms with Crippen LogP contribution in [0.25, 0.3) is 0 Å². The van der Waals surface area contributed by atoms with Gasteiger partial charge in [-0.15, -0.1) is 0 Å². The van der Waals surface area contributed by atoms with Crippen molar-refractivity contribution < 1.29 is 4.79 Å². The Labute approximate surface area is 72.4 Å². The second-order valence-electron chi connectivity index (χ2n) is 3.06. The number of rotatable bonds is 2. The third kappa shape index (κ3) is 1.55. The predicted molar refractivity (Wildman–Crippen MR) is 47.1 cm³/mol. The summed E-state index contributed by atoms with van der Waals surface area (Å²) >= 11 is 0. The summed E-state index contributed by atoms with van der Waals surface area (Å²) in [5.41, 5.74) is 0. The third-order valence-electron chi connectivity index (χ3n) is 1.76. The lowest BCUT2D eigenvalue weighted by Gasteiger charge is -2.06. The first kappa shape index (κ1) is 8.97. The first-order valence-corrected chi connectivity index (χ1v) is 4.23. The fourth-order valence-corrected chi connectivity index (χ4v) is 1.07. The lowest BCUT2D eigenvalue weighted by atomic mass is 10.2. The Kier molecular flexibility index (Phi) is 2.63. The second-order valence-corrected chi connectivity index (χ2v) is 3.06. The first-order valence-electron chi connectivity index (χ1n) is 4.23. The summed E-state index contributed by atoms with van der Waals surface area (Å²) in [6.45, 7) is 5.77. The highest BCUT2D eigenvalue weighted by Crippen LogP contribution is 2.03. The van der Waals surface area contributed by atoms with Crippen LogP contribution in [0.2, 0.25) is 0 Å². The smallest absolute Gasteiger partial charge is 0.234 e. The van der Waals surface area contributed by atoms with E-state index in [0.717, 1.165) is 12.2 Å². The van der Waals surface area contributed by atoms with Gasteiger partial charge in [-0.1, -0.05) is 20.8 Å². The number of carbonyl (C=O) groups excluding carboxylic acids is 1. The molecule has 0 aromatic carbocycles. The SMILES string of the molecule is CCc1nccn1C(=O)C(C)C. The highest BCUT2D eigenvalue weighted by Gasteiger charge is 2.12. The third-order valence-corrected chi connectivity index (χ3v) is 1.76. The zero-order valence-corrected chi connectivity index (χ0v) is 7.74. The van der Waals surface area contributed by atoms with Gasteiger partial charge in [-0.05, 0) is 0 Å². The Hall–Kier alpha value is -1.12. The van der Waals surface area contributed by atoms with E-state index in [1.165, 1.54) is 0 Å². The summed E-state index contributed by atoms with van der Waals surface area (Å²) < 4.78 is 1.63. The molecule has 0 bridgehead atoms. The number of hydrogen-bond donors (Lipinski definition) is 0. The molecule has 0 aliphatic heterocycles. The molecule has 0 spiro atoms. The van der Waals surface area contributed by atoms with Gasteiger partial charge in [-0.3, -0.25) is 9.36 Å². The molecule has 1 aromatic rings. The van der Waals surface area contributed by atoms with Gasteiger partial charge in [-0.2, -0.15) is 0 Å². The number of aryl methyl sites for hydroxylation is 1. The molecule has 66 valence electrons. The van der Waals surface area contributed by atoms with Crippen LogP contribution < -0.4 is 0 Å². The standard InChI is InChI=1S/C9H14N2O/c1-4-8-10-5-6-11(8)9(12)7(2)3/h5-7H,4H2,1-3H3. The molecule has 0 N–H and O–H groups in total. The summed E-state index contributed by atoms with van der Waals surface area (Å²) in [7, 11) is 0. The van der Waals surface area contributed by atoms with Crippen LogP contribution in [-0.2, 0) is 6.42 Å². The van der Waals surface area contributed by atoms with Crippen LogP contribution in [-0.4, -0.2) is 15.5 Å². The molecule has 1 aromatic heterocycles. The minimum atomic E-state index is 0.0319. The average molecular weight is 166 g/mol. The lowest BCUT2D eigenvalue weighted by Crippen LogP contribution is -2.18. The van der Waals surface area contributed by atoms with E-state index in [0.29, 0.717) is 0 Å². The molecule has 0 saturated carbocycles. The Morgan fingerprint density at radius 2 is 2.33 bits per heavy atom. The Morgan fingerprint density at radius 3 is 2.83 bits per heavy atom. The fourth-order valence-electron chi connectivity index (χ4n) is 1.07. The molecule has 0 saturated heterocycles.